The van der Waals surface area contributed by atoms with Crippen LogP contribution < -0.4 is 11.1 Å². The molecule has 1 unspecified atom stereocenters. The molecule has 0 saturated heterocycles. The van der Waals surface area contributed by atoms with Crippen molar-refractivity contribution in [2.24, 2.45) is 5.73 Å². The van der Waals surface area contributed by atoms with Gasteiger partial charge in [0.1, 0.15) is 0 Å². The predicted octanol–water partition coefficient (Wildman–Crippen LogP) is 2.67. The molecule has 3 N–H and O–H groups in total. The maximum atomic E-state index is 5.68. The normalized spacial score (nSPS) is 13.1. The predicted molar refractivity (Wildman–Crippen MR) is 64.5 cm³/mol. The van der Waals surface area contributed by atoms with E-state index in [0.717, 1.165) is 0 Å². The van der Waals surface area contributed by atoms with Crippen LogP contribution in [0.1, 0.15) is 58.8 Å². The molecule has 0 aromatic carbocycles. The van der Waals surface area contributed by atoms with Crippen LogP contribution in [0.3, 0.4) is 0 Å². The average Bonchev–Trinajstić information content (AvgIpc) is 2.15. The molecule has 0 fully saturated rings. The second-order valence-electron chi connectivity index (χ2n) is 4.28. The second kappa shape index (κ2) is 11.0. The smallest absolute Gasteiger partial charge is 0.00104 e. The summed E-state index contributed by atoms with van der Waals surface area (Å²) in [6.07, 6.45) is 9.10. The summed E-state index contributed by atoms with van der Waals surface area (Å²) in [6, 6.07) is 0.387. The summed E-state index contributed by atoms with van der Waals surface area (Å²) in [5.41, 5.74) is 5.68. The van der Waals surface area contributed by atoms with Gasteiger partial charge >= 0.3 is 0 Å². The van der Waals surface area contributed by atoms with Gasteiger partial charge in [0.15, 0.2) is 0 Å². The number of hydrogen-bond donors (Lipinski definition) is 2. The summed E-state index contributed by atoms with van der Waals surface area (Å²) >= 11 is 0. The fourth-order valence-electron chi connectivity index (χ4n) is 1.50. The van der Waals surface area contributed by atoms with Gasteiger partial charge in [-0.15, -0.1) is 0 Å². The van der Waals surface area contributed by atoms with Crippen molar-refractivity contribution < 1.29 is 0 Å². The molecule has 0 bridgehead atoms. The highest BCUT2D eigenvalue weighted by molar-refractivity contribution is 4.54. The average molecular weight is 200 g/mol. The van der Waals surface area contributed by atoms with E-state index >= 15 is 0 Å². The maximum Gasteiger partial charge on any atom is 0.00104 e. The highest BCUT2D eigenvalue weighted by Crippen LogP contribution is 2.03. The Hall–Kier alpha value is -0.0800. The van der Waals surface area contributed by atoms with Gasteiger partial charge in [-0.3, -0.25) is 0 Å². The molecular formula is C12H28N2. The summed E-state index contributed by atoms with van der Waals surface area (Å²) in [5.74, 6) is 0. The van der Waals surface area contributed by atoms with Crippen LogP contribution in [0.5, 0.6) is 0 Å². The Balaban J connectivity index is 2.85. The van der Waals surface area contributed by atoms with Gasteiger partial charge in [0.25, 0.3) is 0 Å². The molecule has 0 spiro atoms. The molecule has 86 valence electrons. The van der Waals surface area contributed by atoms with E-state index in [-0.39, 0.29) is 0 Å². The van der Waals surface area contributed by atoms with Crippen LogP contribution in [-0.4, -0.2) is 19.1 Å². The van der Waals surface area contributed by atoms with E-state index in [1.54, 1.807) is 0 Å². The third-order valence-electron chi connectivity index (χ3n) is 2.47. The molecule has 0 heterocycles. The molecule has 1 atom stereocenters. The number of hydrogen-bond acceptors (Lipinski definition) is 2. The lowest BCUT2D eigenvalue weighted by atomic mass is 10.1. The molecule has 0 aromatic heterocycles. The Morgan fingerprint density at radius 3 is 2.29 bits per heavy atom. The van der Waals surface area contributed by atoms with Crippen LogP contribution in [0, 0.1) is 0 Å². The second-order valence-corrected chi connectivity index (χ2v) is 4.28. The van der Waals surface area contributed by atoms with Gasteiger partial charge in [-0.2, -0.15) is 0 Å². The van der Waals surface area contributed by atoms with Crippen LogP contribution in [0.15, 0.2) is 0 Å². The molecule has 0 aromatic rings. The minimum absolute atomic E-state index is 0.387. The quantitative estimate of drug-likeness (QED) is 0.532. The van der Waals surface area contributed by atoms with Gasteiger partial charge in [-0.05, 0) is 39.3 Å². The molecular weight excluding hydrogens is 172 g/mol. The molecule has 0 aliphatic rings. The van der Waals surface area contributed by atoms with E-state index in [4.69, 9.17) is 5.73 Å². The van der Waals surface area contributed by atoms with Crippen molar-refractivity contribution >= 4 is 0 Å². The standard InChI is InChI=1S/C12H28N2/c1-3-4-10-14-11-8-6-5-7-9-12(2)13/h12,14H,3-11,13H2,1-2H3. The Labute approximate surface area is 89.6 Å². The fraction of sp³-hybridized carbons (Fsp3) is 1.00. The number of nitrogens with two attached hydrogens (primary N) is 1. The number of unbranched alkanes of at least 4 members (excludes halogenated alkanes) is 4. The van der Waals surface area contributed by atoms with E-state index in [1.807, 2.05) is 0 Å². The summed E-state index contributed by atoms with van der Waals surface area (Å²) < 4.78 is 0. The first-order chi connectivity index (χ1) is 6.77. The SMILES string of the molecule is CCCCNCCCCCCC(C)N. The van der Waals surface area contributed by atoms with E-state index < -0.39 is 0 Å². The minimum atomic E-state index is 0.387. The van der Waals surface area contributed by atoms with Crippen LogP contribution in [0.4, 0.5) is 0 Å². The summed E-state index contributed by atoms with van der Waals surface area (Å²) in [7, 11) is 0. The molecule has 0 saturated carbocycles. The fourth-order valence-corrected chi connectivity index (χ4v) is 1.50. The van der Waals surface area contributed by atoms with Crippen LogP contribution in [0.2, 0.25) is 0 Å². The maximum absolute atomic E-state index is 5.68. The van der Waals surface area contributed by atoms with Crippen LogP contribution >= 0.6 is 0 Å². The van der Waals surface area contributed by atoms with Crippen molar-refractivity contribution in [1.82, 2.24) is 5.32 Å². The number of nitrogens with one attached hydrogen (secondary N) is 1. The summed E-state index contributed by atoms with van der Waals surface area (Å²) in [5, 5.41) is 3.46. The third-order valence-corrected chi connectivity index (χ3v) is 2.47. The van der Waals surface area contributed by atoms with Crippen LogP contribution in [0.25, 0.3) is 0 Å². The Bertz CT molecular complexity index is 102. The molecule has 0 aliphatic carbocycles. The molecule has 0 rings (SSSR count). The zero-order valence-electron chi connectivity index (χ0n) is 10.0. The Morgan fingerprint density at radius 2 is 1.64 bits per heavy atom. The van der Waals surface area contributed by atoms with Crippen LogP contribution in [-0.2, 0) is 0 Å². The van der Waals surface area contributed by atoms with E-state index in [0.29, 0.717) is 6.04 Å². The summed E-state index contributed by atoms with van der Waals surface area (Å²) in [4.78, 5) is 0. The zero-order valence-corrected chi connectivity index (χ0v) is 10.0. The van der Waals surface area contributed by atoms with Crippen molar-refractivity contribution in [3.05, 3.63) is 0 Å². The largest absolute Gasteiger partial charge is 0.328 e. The van der Waals surface area contributed by atoms with Crippen molar-refractivity contribution in [3.63, 3.8) is 0 Å². The monoisotopic (exact) mass is 200 g/mol. The molecule has 0 aliphatic heterocycles. The molecule has 2 nitrogen and oxygen atoms in total. The Morgan fingerprint density at radius 1 is 1.00 bits per heavy atom. The molecule has 14 heavy (non-hydrogen) atoms. The summed E-state index contributed by atoms with van der Waals surface area (Å²) in [6.45, 7) is 6.70. The first-order valence-corrected chi connectivity index (χ1v) is 6.23. The lowest BCUT2D eigenvalue weighted by Crippen LogP contribution is -2.16. The van der Waals surface area contributed by atoms with Crippen molar-refractivity contribution in [3.8, 4) is 0 Å². The molecule has 2 heteroatoms. The van der Waals surface area contributed by atoms with Gasteiger partial charge in [0, 0.05) is 6.04 Å². The van der Waals surface area contributed by atoms with Crippen molar-refractivity contribution in [1.29, 1.82) is 0 Å². The van der Waals surface area contributed by atoms with E-state index in [2.05, 4.69) is 19.2 Å². The van der Waals surface area contributed by atoms with Gasteiger partial charge in [0.2, 0.25) is 0 Å². The highest BCUT2D eigenvalue weighted by Gasteiger charge is 1.94. The third kappa shape index (κ3) is 11.9. The Kier molecular flexibility index (Phi) is 10.9. The highest BCUT2D eigenvalue weighted by atomic mass is 14.8. The van der Waals surface area contributed by atoms with Crippen molar-refractivity contribution in [2.45, 2.75) is 64.8 Å². The van der Waals surface area contributed by atoms with Gasteiger partial charge < -0.3 is 11.1 Å². The molecule has 0 radical (unpaired) electrons. The molecule has 0 amide bonds. The van der Waals surface area contributed by atoms with E-state index in [9.17, 15) is 0 Å². The zero-order chi connectivity index (χ0) is 10.6. The lowest BCUT2D eigenvalue weighted by molar-refractivity contribution is 0.543. The van der Waals surface area contributed by atoms with E-state index in [1.165, 1.54) is 58.0 Å². The van der Waals surface area contributed by atoms with Gasteiger partial charge in [-0.1, -0.05) is 32.6 Å². The first-order valence-electron chi connectivity index (χ1n) is 6.23. The first kappa shape index (κ1) is 13.9. The minimum Gasteiger partial charge on any atom is -0.328 e. The van der Waals surface area contributed by atoms with Gasteiger partial charge in [-0.25, -0.2) is 0 Å². The lowest BCUT2D eigenvalue weighted by Gasteiger charge is -2.05. The number of rotatable bonds is 10. The van der Waals surface area contributed by atoms with Gasteiger partial charge in [0.05, 0.1) is 0 Å². The topological polar surface area (TPSA) is 38.0 Å². The van der Waals surface area contributed by atoms with Crippen molar-refractivity contribution in [2.75, 3.05) is 13.1 Å².